The number of carbonyl (C=O) groups is 1. The lowest BCUT2D eigenvalue weighted by atomic mass is 10.2. The van der Waals surface area contributed by atoms with Gasteiger partial charge in [-0.25, -0.2) is 4.98 Å². The van der Waals surface area contributed by atoms with Gasteiger partial charge in [0.2, 0.25) is 0 Å². The van der Waals surface area contributed by atoms with E-state index >= 15 is 0 Å². The molecule has 1 aromatic carbocycles. The predicted octanol–water partition coefficient (Wildman–Crippen LogP) is 3.55. The Morgan fingerprint density at radius 2 is 2.06 bits per heavy atom. The highest BCUT2D eigenvalue weighted by atomic mass is 32.2. The van der Waals surface area contributed by atoms with Crippen molar-refractivity contribution in [3.63, 3.8) is 0 Å². The highest BCUT2D eigenvalue weighted by molar-refractivity contribution is 7.99. The molecule has 0 bridgehead atoms. The van der Waals surface area contributed by atoms with Gasteiger partial charge < -0.3 is 0 Å². The maximum Gasteiger partial charge on any atom is 0.152 e. The first-order chi connectivity index (χ1) is 7.70. The second-order valence-corrected chi connectivity index (χ2v) is 5.43. The summed E-state index contributed by atoms with van der Waals surface area (Å²) in [7, 11) is 0. The smallest absolute Gasteiger partial charge is 0.152 e. The molecule has 3 heteroatoms. The third-order valence-electron chi connectivity index (χ3n) is 2.19. The molecule has 0 unspecified atom stereocenters. The van der Waals surface area contributed by atoms with Crippen molar-refractivity contribution in [2.75, 3.05) is 0 Å². The SMILES string of the molecule is CC(C)Sc1nc2ccccc2cc1C=O. The summed E-state index contributed by atoms with van der Waals surface area (Å²) in [6, 6.07) is 9.75. The molecule has 16 heavy (non-hydrogen) atoms. The number of pyridine rings is 1. The molecule has 0 aliphatic rings. The minimum absolute atomic E-state index is 0.423. The molecule has 0 aliphatic heterocycles. The maximum atomic E-state index is 11.0. The van der Waals surface area contributed by atoms with Crippen LogP contribution in [0.2, 0.25) is 0 Å². The number of thioether (sulfide) groups is 1. The van der Waals surface area contributed by atoms with E-state index in [9.17, 15) is 4.79 Å². The third kappa shape index (κ3) is 2.25. The predicted molar refractivity (Wildman–Crippen MR) is 68.1 cm³/mol. The summed E-state index contributed by atoms with van der Waals surface area (Å²) in [5.41, 5.74) is 1.62. The number of fused-ring (bicyclic) bond motifs is 1. The van der Waals surface area contributed by atoms with Crippen LogP contribution in [0.5, 0.6) is 0 Å². The van der Waals surface area contributed by atoms with E-state index < -0.39 is 0 Å². The second kappa shape index (κ2) is 4.66. The lowest BCUT2D eigenvalue weighted by Crippen LogP contribution is -1.95. The molecule has 0 N–H and O–H groups in total. The molecule has 0 radical (unpaired) electrons. The quantitative estimate of drug-likeness (QED) is 0.597. The number of carbonyl (C=O) groups excluding carboxylic acids is 1. The molecular weight excluding hydrogens is 218 g/mol. The van der Waals surface area contributed by atoms with Crippen molar-refractivity contribution in [2.24, 2.45) is 0 Å². The van der Waals surface area contributed by atoms with Crippen molar-refractivity contribution < 1.29 is 4.79 Å². The summed E-state index contributed by atoms with van der Waals surface area (Å²) >= 11 is 1.62. The number of hydrogen-bond acceptors (Lipinski definition) is 3. The van der Waals surface area contributed by atoms with Gasteiger partial charge in [0.15, 0.2) is 6.29 Å². The molecule has 0 amide bonds. The number of nitrogens with zero attached hydrogens (tertiary/aromatic N) is 1. The summed E-state index contributed by atoms with van der Waals surface area (Å²) in [6.45, 7) is 4.19. The third-order valence-corrected chi connectivity index (χ3v) is 3.21. The summed E-state index contributed by atoms with van der Waals surface area (Å²) in [5, 5.41) is 2.26. The minimum atomic E-state index is 0.423. The average Bonchev–Trinajstić information content (AvgIpc) is 2.27. The Morgan fingerprint density at radius 3 is 2.75 bits per heavy atom. The molecule has 82 valence electrons. The Kier molecular flexibility index (Phi) is 3.25. The van der Waals surface area contributed by atoms with Gasteiger partial charge in [0.25, 0.3) is 0 Å². The van der Waals surface area contributed by atoms with Crippen LogP contribution in [-0.2, 0) is 0 Å². The fraction of sp³-hybridized carbons (Fsp3) is 0.231. The highest BCUT2D eigenvalue weighted by Gasteiger charge is 2.08. The molecule has 0 atom stereocenters. The van der Waals surface area contributed by atoms with Crippen LogP contribution < -0.4 is 0 Å². The number of rotatable bonds is 3. The van der Waals surface area contributed by atoms with Crippen LogP contribution >= 0.6 is 11.8 Å². The standard InChI is InChI=1S/C13H13NOS/c1-9(2)16-13-11(8-15)7-10-5-3-4-6-12(10)14-13/h3-9H,1-2H3. The fourth-order valence-electron chi connectivity index (χ4n) is 1.52. The van der Waals surface area contributed by atoms with E-state index in [1.807, 2.05) is 30.3 Å². The van der Waals surface area contributed by atoms with Gasteiger partial charge in [0, 0.05) is 16.2 Å². The number of hydrogen-bond donors (Lipinski definition) is 0. The van der Waals surface area contributed by atoms with Gasteiger partial charge >= 0.3 is 0 Å². The fourth-order valence-corrected chi connectivity index (χ4v) is 2.36. The van der Waals surface area contributed by atoms with Crippen LogP contribution in [0.1, 0.15) is 24.2 Å². The largest absolute Gasteiger partial charge is 0.298 e. The Morgan fingerprint density at radius 1 is 1.31 bits per heavy atom. The number of aldehydes is 1. The number of benzene rings is 1. The van der Waals surface area contributed by atoms with Gasteiger partial charge in [-0.3, -0.25) is 4.79 Å². The van der Waals surface area contributed by atoms with E-state index in [-0.39, 0.29) is 0 Å². The van der Waals surface area contributed by atoms with Gasteiger partial charge in [0.1, 0.15) is 5.03 Å². The topological polar surface area (TPSA) is 30.0 Å². The van der Waals surface area contributed by atoms with Crippen LogP contribution in [0.15, 0.2) is 35.4 Å². The molecular formula is C13H13NOS. The Labute approximate surface area is 99.1 Å². The number of para-hydroxylation sites is 1. The summed E-state index contributed by atoms with van der Waals surface area (Å²) in [5.74, 6) is 0. The molecule has 2 aromatic rings. The van der Waals surface area contributed by atoms with Crippen LogP contribution in [0.4, 0.5) is 0 Å². The first-order valence-corrected chi connectivity index (χ1v) is 6.10. The molecule has 0 aliphatic carbocycles. The molecule has 1 aromatic heterocycles. The van der Waals surface area contributed by atoms with E-state index in [4.69, 9.17) is 0 Å². The summed E-state index contributed by atoms with van der Waals surface area (Å²) in [6.07, 6.45) is 0.879. The summed E-state index contributed by atoms with van der Waals surface area (Å²) < 4.78 is 0. The van der Waals surface area contributed by atoms with Crippen LogP contribution in [-0.4, -0.2) is 16.5 Å². The van der Waals surface area contributed by atoms with Crippen molar-refractivity contribution in [3.8, 4) is 0 Å². The lowest BCUT2D eigenvalue weighted by Gasteiger charge is -2.08. The van der Waals surface area contributed by atoms with E-state index in [1.165, 1.54) is 0 Å². The average molecular weight is 231 g/mol. The van der Waals surface area contributed by atoms with Gasteiger partial charge in [-0.15, -0.1) is 11.8 Å². The molecule has 0 saturated carbocycles. The van der Waals surface area contributed by atoms with Gasteiger partial charge in [-0.1, -0.05) is 32.0 Å². The van der Waals surface area contributed by atoms with Crippen molar-refractivity contribution in [2.45, 2.75) is 24.1 Å². The highest BCUT2D eigenvalue weighted by Crippen LogP contribution is 2.26. The minimum Gasteiger partial charge on any atom is -0.298 e. The van der Waals surface area contributed by atoms with E-state index in [2.05, 4.69) is 18.8 Å². The van der Waals surface area contributed by atoms with Crippen LogP contribution in [0, 0.1) is 0 Å². The lowest BCUT2D eigenvalue weighted by molar-refractivity contribution is 0.112. The molecule has 2 nitrogen and oxygen atoms in total. The maximum absolute atomic E-state index is 11.0. The van der Waals surface area contributed by atoms with Crippen LogP contribution in [0.3, 0.4) is 0 Å². The Balaban J connectivity index is 2.58. The van der Waals surface area contributed by atoms with E-state index in [0.29, 0.717) is 10.8 Å². The van der Waals surface area contributed by atoms with Crippen molar-refractivity contribution in [1.29, 1.82) is 0 Å². The molecule has 0 fully saturated rings. The normalized spacial score (nSPS) is 10.9. The molecule has 1 heterocycles. The van der Waals surface area contributed by atoms with Crippen molar-refractivity contribution in [3.05, 3.63) is 35.9 Å². The Hall–Kier alpha value is -1.35. The first-order valence-electron chi connectivity index (χ1n) is 5.22. The van der Waals surface area contributed by atoms with Crippen molar-refractivity contribution >= 4 is 29.0 Å². The van der Waals surface area contributed by atoms with E-state index in [1.54, 1.807) is 11.8 Å². The van der Waals surface area contributed by atoms with E-state index in [0.717, 1.165) is 22.2 Å². The summed E-state index contributed by atoms with van der Waals surface area (Å²) in [4.78, 5) is 15.5. The van der Waals surface area contributed by atoms with Gasteiger partial charge in [-0.2, -0.15) is 0 Å². The second-order valence-electron chi connectivity index (χ2n) is 3.86. The van der Waals surface area contributed by atoms with Gasteiger partial charge in [-0.05, 0) is 12.1 Å². The molecule has 0 saturated heterocycles. The van der Waals surface area contributed by atoms with Gasteiger partial charge in [0.05, 0.1) is 5.52 Å². The molecule has 2 rings (SSSR count). The zero-order valence-corrected chi connectivity index (χ0v) is 10.1. The Bertz CT molecular complexity index is 522. The zero-order chi connectivity index (χ0) is 11.5. The first kappa shape index (κ1) is 11.1. The monoisotopic (exact) mass is 231 g/mol. The zero-order valence-electron chi connectivity index (χ0n) is 9.31. The molecule has 0 spiro atoms. The van der Waals surface area contributed by atoms with Crippen LogP contribution in [0.25, 0.3) is 10.9 Å². The number of aromatic nitrogens is 1. The van der Waals surface area contributed by atoms with Crippen molar-refractivity contribution in [1.82, 2.24) is 4.98 Å².